The van der Waals surface area contributed by atoms with E-state index in [-0.39, 0.29) is 16.7 Å². The molecule has 1 aliphatic rings. The van der Waals surface area contributed by atoms with E-state index in [1.54, 1.807) is 49.6 Å². The first-order chi connectivity index (χ1) is 16.3. The van der Waals surface area contributed by atoms with Crippen molar-refractivity contribution in [3.63, 3.8) is 0 Å². The highest BCUT2D eigenvalue weighted by atomic mass is 35.5. The second-order valence-corrected chi connectivity index (χ2v) is 11.6. The highest BCUT2D eigenvalue weighted by Gasteiger charge is 2.45. The average molecular weight is 518 g/mol. The average Bonchev–Trinajstić information content (AvgIpc) is 2.85. The standard InChI is InChI=1S/C25H24ClNO5S2/c1-32-19-11-7-17(8-12-19)23-15-24(33-20-13-9-18(26)10-14-20)22(25(28)29)16-27(23)34(30,31)21-5-3-2-4-6-21/h2-14,22-24H,15-16H2,1H3,(H,28,29)/t22-,23+,24-/m1/s1. The molecule has 0 radical (unpaired) electrons. The smallest absolute Gasteiger partial charge is 0.308 e. The number of sulfonamides is 1. The minimum Gasteiger partial charge on any atom is -0.497 e. The predicted molar refractivity (Wildman–Crippen MR) is 133 cm³/mol. The van der Waals surface area contributed by atoms with Gasteiger partial charge in [-0.3, -0.25) is 4.79 Å². The molecule has 0 aromatic heterocycles. The molecule has 6 nitrogen and oxygen atoms in total. The van der Waals surface area contributed by atoms with Gasteiger partial charge in [0, 0.05) is 21.7 Å². The zero-order valence-electron chi connectivity index (χ0n) is 18.4. The summed E-state index contributed by atoms with van der Waals surface area (Å²) in [6.07, 6.45) is 0.336. The Morgan fingerprint density at radius 2 is 1.68 bits per heavy atom. The minimum atomic E-state index is -3.93. The van der Waals surface area contributed by atoms with E-state index in [0.717, 1.165) is 10.5 Å². The van der Waals surface area contributed by atoms with Crippen molar-refractivity contribution in [2.45, 2.75) is 27.5 Å². The third-order valence-electron chi connectivity index (χ3n) is 5.90. The highest BCUT2D eigenvalue weighted by molar-refractivity contribution is 8.00. The summed E-state index contributed by atoms with van der Waals surface area (Å²) >= 11 is 7.44. The fourth-order valence-electron chi connectivity index (χ4n) is 4.12. The van der Waals surface area contributed by atoms with Gasteiger partial charge in [-0.15, -0.1) is 11.8 Å². The number of methoxy groups -OCH3 is 1. The van der Waals surface area contributed by atoms with Crippen molar-refractivity contribution in [3.05, 3.63) is 89.4 Å². The normalized spacial score (nSPS) is 21.2. The Labute approximate surface area is 208 Å². The number of thioether (sulfide) groups is 1. The maximum Gasteiger partial charge on any atom is 0.308 e. The van der Waals surface area contributed by atoms with E-state index in [9.17, 15) is 18.3 Å². The molecule has 0 bridgehead atoms. The van der Waals surface area contributed by atoms with E-state index in [1.165, 1.54) is 28.2 Å². The lowest BCUT2D eigenvalue weighted by atomic mass is 9.90. The van der Waals surface area contributed by atoms with Gasteiger partial charge in [0.2, 0.25) is 10.0 Å². The molecule has 1 fully saturated rings. The first-order valence-electron chi connectivity index (χ1n) is 10.7. The van der Waals surface area contributed by atoms with Crippen molar-refractivity contribution < 1.29 is 23.1 Å². The van der Waals surface area contributed by atoms with E-state index < -0.39 is 28.0 Å². The number of piperidine rings is 1. The Balaban J connectivity index is 1.74. The zero-order valence-corrected chi connectivity index (χ0v) is 20.8. The predicted octanol–water partition coefficient (Wildman–Crippen LogP) is 5.35. The topological polar surface area (TPSA) is 83.9 Å². The van der Waals surface area contributed by atoms with Crippen LogP contribution in [0.5, 0.6) is 5.75 Å². The molecular weight excluding hydrogens is 494 g/mol. The summed E-state index contributed by atoms with van der Waals surface area (Å²) < 4.78 is 33.9. The minimum absolute atomic E-state index is 0.130. The molecule has 34 heavy (non-hydrogen) atoms. The van der Waals surface area contributed by atoms with E-state index in [0.29, 0.717) is 17.2 Å². The number of carboxylic acids is 1. The number of carboxylic acid groups (broad SMARTS) is 1. The second kappa shape index (κ2) is 10.4. The molecule has 0 unspecified atom stereocenters. The van der Waals surface area contributed by atoms with Gasteiger partial charge >= 0.3 is 5.97 Å². The maximum absolute atomic E-state index is 13.7. The van der Waals surface area contributed by atoms with Crippen LogP contribution >= 0.6 is 23.4 Å². The Morgan fingerprint density at radius 3 is 2.26 bits per heavy atom. The van der Waals surface area contributed by atoms with Crippen LogP contribution in [0.3, 0.4) is 0 Å². The van der Waals surface area contributed by atoms with Crippen LogP contribution in [0.15, 0.2) is 88.7 Å². The number of aliphatic carboxylic acids is 1. The Hall–Kier alpha value is -2.52. The summed E-state index contributed by atoms with van der Waals surface area (Å²) in [5.41, 5.74) is 0.783. The number of hydrogen-bond acceptors (Lipinski definition) is 5. The zero-order chi connectivity index (χ0) is 24.3. The van der Waals surface area contributed by atoms with Crippen molar-refractivity contribution >= 4 is 39.4 Å². The van der Waals surface area contributed by atoms with Crippen LogP contribution in [-0.4, -0.2) is 42.7 Å². The molecule has 1 aliphatic heterocycles. The van der Waals surface area contributed by atoms with Gasteiger partial charge in [-0.2, -0.15) is 4.31 Å². The fraction of sp³-hybridized carbons (Fsp3) is 0.240. The quantitative estimate of drug-likeness (QED) is 0.455. The van der Waals surface area contributed by atoms with Crippen LogP contribution in [0.25, 0.3) is 0 Å². The van der Waals surface area contributed by atoms with E-state index in [1.807, 2.05) is 24.3 Å². The molecule has 1 heterocycles. The van der Waals surface area contributed by atoms with Crippen molar-refractivity contribution in [3.8, 4) is 5.75 Å². The van der Waals surface area contributed by atoms with E-state index >= 15 is 0 Å². The van der Waals surface area contributed by atoms with Crippen LogP contribution < -0.4 is 4.74 Å². The van der Waals surface area contributed by atoms with Crippen LogP contribution in [0.2, 0.25) is 5.02 Å². The molecule has 4 rings (SSSR count). The lowest BCUT2D eigenvalue weighted by molar-refractivity contribution is -0.143. The van der Waals surface area contributed by atoms with Gasteiger partial charge in [0.25, 0.3) is 0 Å². The number of hydrogen-bond donors (Lipinski definition) is 1. The Morgan fingerprint density at radius 1 is 1.03 bits per heavy atom. The highest BCUT2D eigenvalue weighted by Crippen LogP contribution is 2.44. The van der Waals surface area contributed by atoms with E-state index in [2.05, 4.69) is 0 Å². The molecular formula is C25H24ClNO5S2. The molecule has 3 aromatic rings. The third kappa shape index (κ3) is 5.25. The molecule has 0 aliphatic carbocycles. The number of carbonyl (C=O) groups is 1. The molecule has 3 atom stereocenters. The molecule has 1 N–H and O–H groups in total. The van der Waals surface area contributed by atoms with Gasteiger partial charge in [-0.1, -0.05) is 41.9 Å². The summed E-state index contributed by atoms with van der Waals surface area (Å²) in [5.74, 6) is -1.24. The van der Waals surface area contributed by atoms with E-state index in [4.69, 9.17) is 16.3 Å². The largest absolute Gasteiger partial charge is 0.497 e. The molecule has 3 aromatic carbocycles. The van der Waals surface area contributed by atoms with Gasteiger partial charge in [0.15, 0.2) is 0 Å². The fourth-order valence-corrected chi connectivity index (χ4v) is 7.20. The van der Waals surface area contributed by atoms with Gasteiger partial charge in [0.05, 0.1) is 24.0 Å². The Kier molecular flexibility index (Phi) is 7.52. The van der Waals surface area contributed by atoms with Crippen LogP contribution in [0, 0.1) is 5.92 Å². The summed E-state index contributed by atoms with van der Waals surface area (Å²) in [7, 11) is -2.36. The van der Waals surface area contributed by atoms with Gasteiger partial charge in [-0.05, 0) is 60.5 Å². The number of halogens is 1. The molecule has 9 heteroatoms. The number of ether oxygens (including phenoxy) is 1. The van der Waals surface area contributed by atoms with Gasteiger partial charge in [-0.25, -0.2) is 8.42 Å². The summed E-state index contributed by atoms with van der Waals surface area (Å²) in [4.78, 5) is 13.3. The van der Waals surface area contributed by atoms with Crippen LogP contribution in [0.4, 0.5) is 0 Å². The van der Waals surface area contributed by atoms with Crippen molar-refractivity contribution in [1.29, 1.82) is 0 Å². The van der Waals surface area contributed by atoms with Crippen molar-refractivity contribution in [2.75, 3.05) is 13.7 Å². The first kappa shape index (κ1) is 24.6. The summed E-state index contributed by atoms with van der Waals surface area (Å²) in [5, 5.41) is 10.3. The molecule has 0 saturated carbocycles. The number of nitrogens with zero attached hydrogens (tertiary/aromatic N) is 1. The molecule has 1 saturated heterocycles. The monoisotopic (exact) mass is 517 g/mol. The Bertz CT molecular complexity index is 1230. The summed E-state index contributed by atoms with van der Waals surface area (Å²) in [6, 6.07) is 22.1. The lowest BCUT2D eigenvalue weighted by Crippen LogP contribution is -2.49. The van der Waals surface area contributed by atoms with Gasteiger partial charge in [0.1, 0.15) is 5.75 Å². The molecule has 0 amide bonds. The summed E-state index contributed by atoms with van der Waals surface area (Å²) in [6.45, 7) is -0.130. The first-order valence-corrected chi connectivity index (χ1v) is 13.3. The second-order valence-electron chi connectivity index (χ2n) is 7.97. The van der Waals surface area contributed by atoms with Gasteiger partial charge < -0.3 is 9.84 Å². The van der Waals surface area contributed by atoms with Crippen molar-refractivity contribution in [1.82, 2.24) is 4.31 Å². The lowest BCUT2D eigenvalue weighted by Gasteiger charge is -2.41. The number of rotatable bonds is 7. The molecule has 0 spiro atoms. The molecule has 178 valence electrons. The van der Waals surface area contributed by atoms with Crippen LogP contribution in [-0.2, 0) is 14.8 Å². The number of benzene rings is 3. The van der Waals surface area contributed by atoms with Crippen LogP contribution in [0.1, 0.15) is 18.0 Å². The van der Waals surface area contributed by atoms with Crippen molar-refractivity contribution in [2.24, 2.45) is 5.92 Å². The maximum atomic E-state index is 13.7. The third-order valence-corrected chi connectivity index (χ3v) is 9.41. The SMILES string of the molecule is COc1ccc([C@@H]2C[C@@H](Sc3ccc(Cl)cc3)[C@H](C(=O)O)CN2S(=O)(=O)c2ccccc2)cc1.